The van der Waals surface area contributed by atoms with Crippen LogP contribution < -0.4 is 5.73 Å². The van der Waals surface area contributed by atoms with Crippen molar-refractivity contribution >= 4 is 22.9 Å². The van der Waals surface area contributed by atoms with Gasteiger partial charge in [-0.15, -0.1) is 11.3 Å². The van der Waals surface area contributed by atoms with Gasteiger partial charge >= 0.3 is 0 Å². The molecule has 1 aromatic heterocycles. The zero-order chi connectivity index (χ0) is 10.8. The summed E-state index contributed by atoms with van der Waals surface area (Å²) >= 11 is 7.68. The standard InChI is InChI=1S/C11H11ClN2S/c1-7-2-3-9(12)8(4-7)10-6-15-11(5-13)14-10/h2-4,6H,5,13H2,1H3. The van der Waals surface area contributed by atoms with Crippen LogP contribution in [0.25, 0.3) is 11.3 Å². The minimum Gasteiger partial charge on any atom is -0.325 e. The first-order valence-corrected chi connectivity index (χ1v) is 5.87. The van der Waals surface area contributed by atoms with E-state index in [0.29, 0.717) is 6.54 Å². The van der Waals surface area contributed by atoms with Crippen molar-refractivity contribution in [2.45, 2.75) is 13.5 Å². The summed E-state index contributed by atoms with van der Waals surface area (Å²) in [6, 6.07) is 5.92. The Balaban J connectivity index is 2.48. The molecule has 0 amide bonds. The number of benzene rings is 1. The van der Waals surface area contributed by atoms with E-state index < -0.39 is 0 Å². The summed E-state index contributed by atoms with van der Waals surface area (Å²) in [5.41, 5.74) is 8.59. The van der Waals surface area contributed by atoms with Crippen LogP contribution in [0.1, 0.15) is 10.6 Å². The molecule has 2 nitrogen and oxygen atoms in total. The second-order valence-corrected chi connectivity index (χ2v) is 4.66. The normalized spacial score (nSPS) is 10.6. The van der Waals surface area contributed by atoms with Gasteiger partial charge in [-0.1, -0.05) is 23.2 Å². The van der Waals surface area contributed by atoms with Crippen molar-refractivity contribution in [3.05, 3.63) is 39.2 Å². The SMILES string of the molecule is Cc1ccc(Cl)c(-c2csc(CN)n2)c1. The third-order valence-corrected chi connectivity index (χ3v) is 3.32. The van der Waals surface area contributed by atoms with Gasteiger partial charge in [0.15, 0.2) is 0 Å². The van der Waals surface area contributed by atoms with Gasteiger partial charge in [0, 0.05) is 17.5 Å². The van der Waals surface area contributed by atoms with Gasteiger partial charge in [0.25, 0.3) is 0 Å². The van der Waals surface area contributed by atoms with Crippen molar-refractivity contribution in [3.8, 4) is 11.3 Å². The molecule has 0 bridgehead atoms. The maximum absolute atomic E-state index is 6.12. The number of hydrogen-bond donors (Lipinski definition) is 1. The number of thiazole rings is 1. The Labute approximate surface area is 97.7 Å². The number of nitrogens with two attached hydrogens (primary N) is 1. The lowest BCUT2D eigenvalue weighted by atomic mass is 10.1. The molecule has 2 N–H and O–H groups in total. The summed E-state index contributed by atoms with van der Waals surface area (Å²) < 4.78 is 0. The van der Waals surface area contributed by atoms with Gasteiger partial charge in [-0.25, -0.2) is 4.98 Å². The van der Waals surface area contributed by atoms with Crippen LogP contribution in [-0.4, -0.2) is 4.98 Å². The van der Waals surface area contributed by atoms with Crippen molar-refractivity contribution in [1.82, 2.24) is 4.98 Å². The van der Waals surface area contributed by atoms with E-state index >= 15 is 0 Å². The maximum atomic E-state index is 6.12. The minimum atomic E-state index is 0.480. The van der Waals surface area contributed by atoms with Crippen LogP contribution in [-0.2, 0) is 6.54 Å². The second kappa shape index (κ2) is 4.31. The first-order chi connectivity index (χ1) is 7.20. The van der Waals surface area contributed by atoms with Crippen LogP contribution in [0.3, 0.4) is 0 Å². The van der Waals surface area contributed by atoms with Gasteiger partial charge in [0.1, 0.15) is 5.01 Å². The highest BCUT2D eigenvalue weighted by atomic mass is 35.5. The van der Waals surface area contributed by atoms with Crippen LogP contribution in [0.4, 0.5) is 0 Å². The molecule has 0 aliphatic carbocycles. The summed E-state index contributed by atoms with van der Waals surface area (Å²) in [4.78, 5) is 4.41. The molecule has 0 saturated carbocycles. The van der Waals surface area contributed by atoms with E-state index in [4.69, 9.17) is 17.3 Å². The Morgan fingerprint density at radius 3 is 2.93 bits per heavy atom. The molecule has 0 unspecified atom stereocenters. The predicted octanol–water partition coefficient (Wildman–Crippen LogP) is 3.23. The Morgan fingerprint density at radius 1 is 1.47 bits per heavy atom. The molecule has 2 rings (SSSR count). The van der Waals surface area contributed by atoms with Gasteiger partial charge in [-0.3, -0.25) is 0 Å². The molecule has 4 heteroatoms. The van der Waals surface area contributed by atoms with E-state index in [0.717, 1.165) is 21.3 Å². The molecular weight excluding hydrogens is 228 g/mol. The maximum Gasteiger partial charge on any atom is 0.107 e. The van der Waals surface area contributed by atoms with E-state index in [-0.39, 0.29) is 0 Å². The Kier molecular flexibility index (Phi) is 3.05. The topological polar surface area (TPSA) is 38.9 Å². The molecule has 2 aromatic rings. The highest BCUT2D eigenvalue weighted by molar-refractivity contribution is 7.09. The minimum absolute atomic E-state index is 0.480. The number of hydrogen-bond acceptors (Lipinski definition) is 3. The molecule has 1 heterocycles. The highest BCUT2D eigenvalue weighted by Crippen LogP contribution is 2.29. The highest BCUT2D eigenvalue weighted by Gasteiger charge is 2.07. The van der Waals surface area contributed by atoms with Crippen LogP contribution in [0, 0.1) is 6.92 Å². The summed E-state index contributed by atoms with van der Waals surface area (Å²) in [5.74, 6) is 0. The van der Waals surface area contributed by atoms with E-state index in [1.165, 1.54) is 5.56 Å². The number of halogens is 1. The zero-order valence-corrected chi connectivity index (χ0v) is 9.90. The smallest absolute Gasteiger partial charge is 0.107 e. The summed E-state index contributed by atoms with van der Waals surface area (Å²) in [6.07, 6.45) is 0. The van der Waals surface area contributed by atoms with Crippen molar-refractivity contribution < 1.29 is 0 Å². The Morgan fingerprint density at radius 2 is 2.27 bits per heavy atom. The summed E-state index contributed by atoms with van der Waals surface area (Å²) in [6.45, 7) is 2.52. The monoisotopic (exact) mass is 238 g/mol. The number of rotatable bonds is 2. The van der Waals surface area contributed by atoms with Gasteiger partial charge in [-0.05, 0) is 19.1 Å². The third-order valence-electron chi connectivity index (χ3n) is 2.12. The lowest BCUT2D eigenvalue weighted by Gasteiger charge is -2.01. The van der Waals surface area contributed by atoms with Crippen molar-refractivity contribution in [2.24, 2.45) is 5.73 Å². The van der Waals surface area contributed by atoms with E-state index in [9.17, 15) is 0 Å². The lowest BCUT2D eigenvalue weighted by molar-refractivity contribution is 1.04. The molecule has 0 spiro atoms. The van der Waals surface area contributed by atoms with E-state index in [1.54, 1.807) is 11.3 Å². The fraction of sp³-hybridized carbons (Fsp3) is 0.182. The molecule has 0 aliphatic rings. The van der Waals surface area contributed by atoms with Gasteiger partial charge in [-0.2, -0.15) is 0 Å². The molecule has 0 radical (unpaired) electrons. The van der Waals surface area contributed by atoms with Gasteiger partial charge in [0.05, 0.1) is 10.7 Å². The molecule has 78 valence electrons. The number of aromatic nitrogens is 1. The molecule has 0 fully saturated rings. The van der Waals surface area contributed by atoms with Crippen LogP contribution >= 0.6 is 22.9 Å². The Hall–Kier alpha value is -0.900. The van der Waals surface area contributed by atoms with Crippen molar-refractivity contribution in [1.29, 1.82) is 0 Å². The molecule has 0 atom stereocenters. The van der Waals surface area contributed by atoms with Crippen LogP contribution in [0.5, 0.6) is 0 Å². The molecule has 15 heavy (non-hydrogen) atoms. The first kappa shape index (κ1) is 10.6. The average Bonchev–Trinajstić information content (AvgIpc) is 2.70. The van der Waals surface area contributed by atoms with Crippen molar-refractivity contribution in [3.63, 3.8) is 0 Å². The molecule has 1 aromatic carbocycles. The van der Waals surface area contributed by atoms with Gasteiger partial charge < -0.3 is 5.73 Å². The second-order valence-electron chi connectivity index (χ2n) is 3.31. The Bertz CT molecular complexity index is 479. The number of nitrogens with zero attached hydrogens (tertiary/aromatic N) is 1. The molecular formula is C11H11ClN2S. The zero-order valence-electron chi connectivity index (χ0n) is 8.33. The molecule has 0 aliphatic heterocycles. The largest absolute Gasteiger partial charge is 0.325 e. The fourth-order valence-electron chi connectivity index (χ4n) is 1.36. The summed E-state index contributed by atoms with van der Waals surface area (Å²) in [7, 11) is 0. The van der Waals surface area contributed by atoms with Crippen molar-refractivity contribution in [2.75, 3.05) is 0 Å². The average molecular weight is 239 g/mol. The van der Waals surface area contributed by atoms with Crippen LogP contribution in [0.15, 0.2) is 23.6 Å². The lowest BCUT2D eigenvalue weighted by Crippen LogP contribution is -1.94. The summed E-state index contributed by atoms with van der Waals surface area (Å²) in [5, 5.41) is 3.65. The fourth-order valence-corrected chi connectivity index (χ4v) is 2.25. The van der Waals surface area contributed by atoms with E-state index in [1.807, 2.05) is 30.5 Å². The third kappa shape index (κ3) is 2.20. The quantitative estimate of drug-likeness (QED) is 0.873. The van der Waals surface area contributed by atoms with Gasteiger partial charge in [0.2, 0.25) is 0 Å². The first-order valence-electron chi connectivity index (χ1n) is 4.61. The van der Waals surface area contributed by atoms with Crippen LogP contribution in [0.2, 0.25) is 5.02 Å². The van der Waals surface area contributed by atoms with E-state index in [2.05, 4.69) is 4.98 Å². The predicted molar refractivity (Wildman–Crippen MR) is 65.2 cm³/mol. The number of aryl methyl sites for hydroxylation is 1. The molecule has 0 saturated heterocycles.